The van der Waals surface area contributed by atoms with E-state index in [1.165, 1.54) is 51.6 Å². The first-order valence-electron chi connectivity index (χ1n) is 7.61. The molecule has 1 saturated carbocycles. The van der Waals surface area contributed by atoms with Crippen LogP contribution in [0.4, 0.5) is 0 Å². The molecule has 102 valence electrons. The maximum absolute atomic E-state index is 6.01. The molecule has 1 aliphatic carbocycles. The summed E-state index contributed by atoms with van der Waals surface area (Å²) in [4.78, 5) is 2.67. The Kier molecular flexibility index (Phi) is 6.50. The van der Waals surface area contributed by atoms with Crippen LogP contribution in [0.5, 0.6) is 0 Å². The van der Waals surface area contributed by atoms with Crippen LogP contribution in [-0.4, -0.2) is 30.1 Å². The minimum atomic E-state index is 0.216. The van der Waals surface area contributed by atoms with Gasteiger partial charge in [0, 0.05) is 18.6 Å². The molecule has 2 nitrogen and oxygen atoms in total. The zero-order valence-electron chi connectivity index (χ0n) is 12.2. The van der Waals surface area contributed by atoms with Gasteiger partial charge in [0.15, 0.2) is 0 Å². The quantitative estimate of drug-likeness (QED) is 0.739. The molecule has 0 spiro atoms. The lowest BCUT2D eigenvalue weighted by atomic mass is 9.86. The van der Waals surface area contributed by atoms with E-state index in [-0.39, 0.29) is 5.54 Å². The van der Waals surface area contributed by atoms with Gasteiger partial charge in [-0.25, -0.2) is 0 Å². The van der Waals surface area contributed by atoms with Crippen LogP contribution in [0.15, 0.2) is 0 Å². The molecule has 0 aromatic heterocycles. The Labute approximate surface area is 108 Å². The fraction of sp³-hybridized carbons (Fsp3) is 1.00. The fourth-order valence-electron chi connectivity index (χ4n) is 3.03. The summed E-state index contributed by atoms with van der Waals surface area (Å²) >= 11 is 0. The average molecular weight is 240 g/mol. The van der Waals surface area contributed by atoms with Crippen LogP contribution >= 0.6 is 0 Å². The SMILES string of the molecule is CCCN(CC1CCCCC1)C(C)(CC)CN. The highest BCUT2D eigenvalue weighted by molar-refractivity contribution is 4.87. The van der Waals surface area contributed by atoms with E-state index in [9.17, 15) is 0 Å². The monoisotopic (exact) mass is 240 g/mol. The lowest BCUT2D eigenvalue weighted by molar-refractivity contribution is 0.0772. The largest absolute Gasteiger partial charge is 0.329 e. The Morgan fingerprint density at radius 3 is 2.29 bits per heavy atom. The van der Waals surface area contributed by atoms with Crippen LogP contribution in [0, 0.1) is 5.92 Å². The molecule has 1 unspecified atom stereocenters. The van der Waals surface area contributed by atoms with Gasteiger partial charge in [0.05, 0.1) is 0 Å². The molecule has 2 heteroatoms. The zero-order chi connectivity index (χ0) is 12.7. The molecular formula is C15H32N2. The normalized spacial score (nSPS) is 21.7. The highest BCUT2D eigenvalue weighted by atomic mass is 15.2. The van der Waals surface area contributed by atoms with E-state index in [1.54, 1.807) is 0 Å². The lowest BCUT2D eigenvalue weighted by Gasteiger charge is -2.42. The van der Waals surface area contributed by atoms with Crippen molar-refractivity contribution in [1.82, 2.24) is 4.90 Å². The molecule has 0 aromatic carbocycles. The predicted molar refractivity (Wildman–Crippen MR) is 76.2 cm³/mol. The van der Waals surface area contributed by atoms with Gasteiger partial charge in [-0.2, -0.15) is 0 Å². The van der Waals surface area contributed by atoms with E-state index in [4.69, 9.17) is 5.73 Å². The topological polar surface area (TPSA) is 29.3 Å². The van der Waals surface area contributed by atoms with Gasteiger partial charge in [-0.15, -0.1) is 0 Å². The van der Waals surface area contributed by atoms with Crippen molar-refractivity contribution in [3.8, 4) is 0 Å². The zero-order valence-corrected chi connectivity index (χ0v) is 12.2. The molecule has 0 aliphatic heterocycles. The van der Waals surface area contributed by atoms with Crippen molar-refractivity contribution in [1.29, 1.82) is 0 Å². The molecule has 1 atom stereocenters. The molecule has 17 heavy (non-hydrogen) atoms. The number of nitrogens with two attached hydrogens (primary N) is 1. The molecule has 1 aliphatic rings. The van der Waals surface area contributed by atoms with Crippen molar-refractivity contribution < 1.29 is 0 Å². The summed E-state index contributed by atoms with van der Waals surface area (Å²) in [6.45, 7) is 10.2. The summed E-state index contributed by atoms with van der Waals surface area (Å²) in [7, 11) is 0. The molecule has 0 amide bonds. The van der Waals surface area contributed by atoms with Crippen molar-refractivity contribution in [2.24, 2.45) is 11.7 Å². The molecule has 1 rings (SSSR count). The molecule has 0 saturated heterocycles. The summed E-state index contributed by atoms with van der Waals surface area (Å²) in [5.41, 5.74) is 6.23. The summed E-state index contributed by atoms with van der Waals surface area (Å²) in [5.74, 6) is 0.924. The third kappa shape index (κ3) is 4.26. The van der Waals surface area contributed by atoms with Crippen LogP contribution < -0.4 is 5.73 Å². The second kappa shape index (κ2) is 7.38. The van der Waals surface area contributed by atoms with Crippen LogP contribution in [-0.2, 0) is 0 Å². The van der Waals surface area contributed by atoms with Crippen molar-refractivity contribution in [3.05, 3.63) is 0 Å². The first kappa shape index (κ1) is 15.0. The number of hydrogen-bond donors (Lipinski definition) is 1. The maximum atomic E-state index is 6.01. The maximum Gasteiger partial charge on any atom is 0.0301 e. The Balaban J connectivity index is 2.57. The third-order valence-corrected chi connectivity index (χ3v) is 4.66. The molecule has 0 radical (unpaired) electrons. The van der Waals surface area contributed by atoms with Gasteiger partial charge >= 0.3 is 0 Å². The fourth-order valence-corrected chi connectivity index (χ4v) is 3.03. The van der Waals surface area contributed by atoms with Crippen LogP contribution in [0.25, 0.3) is 0 Å². The molecular weight excluding hydrogens is 208 g/mol. The van der Waals surface area contributed by atoms with E-state index in [0.717, 1.165) is 18.9 Å². The smallest absolute Gasteiger partial charge is 0.0301 e. The molecule has 0 bridgehead atoms. The minimum absolute atomic E-state index is 0.216. The average Bonchev–Trinajstić information content (AvgIpc) is 2.38. The molecule has 0 heterocycles. The second-order valence-corrected chi connectivity index (χ2v) is 6.00. The van der Waals surface area contributed by atoms with E-state index in [1.807, 2.05) is 0 Å². The Morgan fingerprint density at radius 1 is 1.18 bits per heavy atom. The Morgan fingerprint density at radius 2 is 1.82 bits per heavy atom. The van der Waals surface area contributed by atoms with E-state index >= 15 is 0 Å². The van der Waals surface area contributed by atoms with Gasteiger partial charge in [0.1, 0.15) is 0 Å². The minimum Gasteiger partial charge on any atom is -0.329 e. The van der Waals surface area contributed by atoms with E-state index < -0.39 is 0 Å². The van der Waals surface area contributed by atoms with Gasteiger partial charge < -0.3 is 5.73 Å². The molecule has 1 fully saturated rings. The van der Waals surface area contributed by atoms with Crippen molar-refractivity contribution in [2.45, 2.75) is 71.3 Å². The summed E-state index contributed by atoms with van der Waals surface area (Å²) < 4.78 is 0. The summed E-state index contributed by atoms with van der Waals surface area (Å²) in [6, 6.07) is 0. The van der Waals surface area contributed by atoms with Gasteiger partial charge in [-0.05, 0) is 45.1 Å². The molecule has 0 aromatic rings. The summed E-state index contributed by atoms with van der Waals surface area (Å²) in [6.07, 6.45) is 9.60. The van der Waals surface area contributed by atoms with Gasteiger partial charge in [-0.1, -0.05) is 33.1 Å². The van der Waals surface area contributed by atoms with E-state index in [2.05, 4.69) is 25.7 Å². The van der Waals surface area contributed by atoms with Crippen molar-refractivity contribution in [2.75, 3.05) is 19.6 Å². The van der Waals surface area contributed by atoms with Gasteiger partial charge in [-0.3, -0.25) is 4.90 Å². The summed E-state index contributed by atoms with van der Waals surface area (Å²) in [5, 5.41) is 0. The highest BCUT2D eigenvalue weighted by Crippen LogP contribution is 2.28. The lowest BCUT2D eigenvalue weighted by Crippen LogP contribution is -2.53. The second-order valence-electron chi connectivity index (χ2n) is 6.00. The van der Waals surface area contributed by atoms with E-state index in [0.29, 0.717) is 0 Å². The Bertz CT molecular complexity index is 193. The van der Waals surface area contributed by atoms with Crippen LogP contribution in [0.2, 0.25) is 0 Å². The highest BCUT2D eigenvalue weighted by Gasteiger charge is 2.30. The van der Waals surface area contributed by atoms with Crippen molar-refractivity contribution in [3.63, 3.8) is 0 Å². The first-order chi connectivity index (χ1) is 8.16. The van der Waals surface area contributed by atoms with Gasteiger partial charge in [0.25, 0.3) is 0 Å². The predicted octanol–water partition coefficient (Wildman–Crippen LogP) is 3.41. The van der Waals surface area contributed by atoms with Crippen LogP contribution in [0.1, 0.15) is 65.7 Å². The van der Waals surface area contributed by atoms with Crippen LogP contribution in [0.3, 0.4) is 0 Å². The number of nitrogens with zero attached hydrogens (tertiary/aromatic N) is 1. The number of hydrogen-bond acceptors (Lipinski definition) is 2. The van der Waals surface area contributed by atoms with Crippen molar-refractivity contribution >= 4 is 0 Å². The third-order valence-electron chi connectivity index (χ3n) is 4.66. The first-order valence-corrected chi connectivity index (χ1v) is 7.61. The molecule has 2 N–H and O–H groups in total. The van der Waals surface area contributed by atoms with Gasteiger partial charge in [0.2, 0.25) is 0 Å². The number of rotatable bonds is 7. The Hall–Kier alpha value is -0.0800. The standard InChI is InChI=1S/C15H32N2/c1-4-11-17(15(3,5-2)13-16)12-14-9-7-6-8-10-14/h14H,4-13,16H2,1-3H3.